The Hall–Kier alpha value is -2.69. The van der Waals surface area contributed by atoms with Gasteiger partial charge in [0.2, 0.25) is 0 Å². The Labute approximate surface area is 116 Å². The lowest BCUT2D eigenvalue weighted by Crippen LogP contribution is -2.16. The summed E-state index contributed by atoms with van der Waals surface area (Å²) in [5.74, 6) is -1.51. The lowest BCUT2D eigenvalue weighted by Gasteiger charge is -2.09. The van der Waals surface area contributed by atoms with Gasteiger partial charge >= 0.3 is 5.97 Å². The molecule has 0 bridgehead atoms. The number of amides is 1. The average molecular weight is 270 g/mol. The molecular weight excluding hydrogens is 256 g/mol. The number of aryl methyl sites for hydroxylation is 2. The number of carboxylic acid groups (broad SMARTS) is 1. The van der Waals surface area contributed by atoms with Crippen molar-refractivity contribution in [3.05, 3.63) is 58.9 Å². The van der Waals surface area contributed by atoms with Gasteiger partial charge in [-0.15, -0.1) is 0 Å². The first kappa shape index (κ1) is 13.7. The van der Waals surface area contributed by atoms with Crippen LogP contribution < -0.4 is 5.32 Å². The topological polar surface area (TPSA) is 79.3 Å². The van der Waals surface area contributed by atoms with Gasteiger partial charge in [-0.1, -0.05) is 17.7 Å². The standard InChI is InChI=1S/C15H14N2O3/c1-9-6-7-12(11(8-9)15(19)20)17-14(18)13-5-3-4-10(2)16-13/h3-8H,1-2H3,(H,17,18)(H,19,20). The Morgan fingerprint density at radius 2 is 1.90 bits per heavy atom. The van der Waals surface area contributed by atoms with E-state index >= 15 is 0 Å². The molecule has 2 aromatic rings. The molecule has 0 atom stereocenters. The molecule has 0 aliphatic rings. The summed E-state index contributed by atoms with van der Waals surface area (Å²) in [7, 11) is 0. The number of benzene rings is 1. The first-order valence-electron chi connectivity index (χ1n) is 6.06. The molecule has 0 spiro atoms. The molecule has 102 valence electrons. The van der Waals surface area contributed by atoms with Crippen LogP contribution in [0.3, 0.4) is 0 Å². The normalized spacial score (nSPS) is 10.1. The zero-order valence-electron chi connectivity index (χ0n) is 11.2. The van der Waals surface area contributed by atoms with Gasteiger partial charge in [-0.3, -0.25) is 4.79 Å². The van der Waals surface area contributed by atoms with Crippen molar-refractivity contribution in [3.8, 4) is 0 Å². The highest BCUT2D eigenvalue weighted by Gasteiger charge is 2.14. The third-order valence-electron chi connectivity index (χ3n) is 2.77. The first-order valence-corrected chi connectivity index (χ1v) is 6.06. The van der Waals surface area contributed by atoms with E-state index in [0.717, 1.165) is 11.3 Å². The van der Waals surface area contributed by atoms with Gasteiger partial charge in [0.05, 0.1) is 11.3 Å². The van der Waals surface area contributed by atoms with Crippen LogP contribution in [0.15, 0.2) is 36.4 Å². The summed E-state index contributed by atoms with van der Waals surface area (Å²) in [6, 6.07) is 9.92. The van der Waals surface area contributed by atoms with Gasteiger partial charge in [0.25, 0.3) is 5.91 Å². The van der Waals surface area contributed by atoms with E-state index in [9.17, 15) is 9.59 Å². The number of aromatic nitrogens is 1. The highest BCUT2D eigenvalue weighted by atomic mass is 16.4. The van der Waals surface area contributed by atoms with E-state index in [0.29, 0.717) is 0 Å². The van der Waals surface area contributed by atoms with Gasteiger partial charge in [-0.25, -0.2) is 9.78 Å². The first-order chi connectivity index (χ1) is 9.47. The van der Waals surface area contributed by atoms with Crippen LogP contribution in [0, 0.1) is 13.8 Å². The van der Waals surface area contributed by atoms with Gasteiger partial charge < -0.3 is 10.4 Å². The third kappa shape index (κ3) is 3.00. The number of aromatic carboxylic acids is 1. The molecule has 0 fully saturated rings. The maximum atomic E-state index is 12.1. The van der Waals surface area contributed by atoms with E-state index in [-0.39, 0.29) is 16.9 Å². The summed E-state index contributed by atoms with van der Waals surface area (Å²) in [5, 5.41) is 11.7. The second kappa shape index (κ2) is 5.52. The minimum Gasteiger partial charge on any atom is -0.478 e. The molecule has 0 saturated heterocycles. The Balaban J connectivity index is 2.30. The molecule has 1 aromatic carbocycles. The second-order valence-electron chi connectivity index (χ2n) is 4.47. The maximum Gasteiger partial charge on any atom is 0.337 e. The van der Waals surface area contributed by atoms with Gasteiger partial charge in [0, 0.05) is 5.69 Å². The summed E-state index contributed by atoms with van der Waals surface area (Å²) >= 11 is 0. The van der Waals surface area contributed by atoms with Gasteiger partial charge in [-0.05, 0) is 38.1 Å². The van der Waals surface area contributed by atoms with Crippen molar-refractivity contribution >= 4 is 17.6 Å². The molecule has 0 saturated carbocycles. The number of hydrogen-bond acceptors (Lipinski definition) is 3. The van der Waals surface area contributed by atoms with Gasteiger partial charge in [-0.2, -0.15) is 0 Å². The van der Waals surface area contributed by atoms with Crippen molar-refractivity contribution in [1.29, 1.82) is 0 Å². The molecular formula is C15H14N2O3. The molecule has 5 nitrogen and oxygen atoms in total. The molecule has 0 aliphatic heterocycles. The monoisotopic (exact) mass is 270 g/mol. The van der Waals surface area contributed by atoms with Crippen LogP contribution in [0.4, 0.5) is 5.69 Å². The largest absolute Gasteiger partial charge is 0.478 e. The Morgan fingerprint density at radius 1 is 1.15 bits per heavy atom. The molecule has 1 heterocycles. The summed E-state index contributed by atoms with van der Waals surface area (Å²) in [5.41, 5.74) is 2.11. The van der Waals surface area contributed by atoms with Crippen molar-refractivity contribution in [2.45, 2.75) is 13.8 Å². The SMILES string of the molecule is Cc1ccc(NC(=O)c2cccc(C)n2)c(C(=O)O)c1. The molecule has 20 heavy (non-hydrogen) atoms. The zero-order chi connectivity index (χ0) is 14.7. The molecule has 2 N–H and O–H groups in total. The van der Waals surface area contributed by atoms with Crippen LogP contribution in [0.25, 0.3) is 0 Å². The maximum absolute atomic E-state index is 12.1. The average Bonchev–Trinajstić information content (AvgIpc) is 2.40. The Morgan fingerprint density at radius 3 is 2.55 bits per heavy atom. The van der Waals surface area contributed by atoms with Crippen LogP contribution in [0.1, 0.15) is 32.1 Å². The molecule has 2 rings (SSSR count). The van der Waals surface area contributed by atoms with Crippen molar-refractivity contribution in [1.82, 2.24) is 4.98 Å². The van der Waals surface area contributed by atoms with E-state index in [4.69, 9.17) is 5.11 Å². The van der Waals surface area contributed by atoms with Crippen LogP contribution >= 0.6 is 0 Å². The molecule has 0 aliphatic carbocycles. The number of pyridine rings is 1. The minimum atomic E-state index is -1.08. The lowest BCUT2D eigenvalue weighted by atomic mass is 10.1. The predicted molar refractivity (Wildman–Crippen MR) is 75.1 cm³/mol. The van der Waals surface area contributed by atoms with E-state index in [1.807, 2.05) is 0 Å². The summed E-state index contributed by atoms with van der Waals surface area (Å²) in [6.45, 7) is 3.57. The molecule has 1 amide bonds. The molecule has 0 radical (unpaired) electrons. The fourth-order valence-corrected chi connectivity index (χ4v) is 1.80. The number of carbonyl (C=O) groups is 2. The number of carbonyl (C=O) groups excluding carboxylic acids is 1. The third-order valence-corrected chi connectivity index (χ3v) is 2.77. The number of hydrogen-bond donors (Lipinski definition) is 2. The predicted octanol–water partition coefficient (Wildman–Crippen LogP) is 2.65. The van der Waals surface area contributed by atoms with Crippen molar-refractivity contribution in [2.24, 2.45) is 0 Å². The fraction of sp³-hybridized carbons (Fsp3) is 0.133. The van der Waals surface area contributed by atoms with Crippen molar-refractivity contribution in [2.75, 3.05) is 5.32 Å². The Kier molecular flexibility index (Phi) is 3.79. The van der Waals surface area contributed by atoms with Crippen molar-refractivity contribution in [3.63, 3.8) is 0 Å². The minimum absolute atomic E-state index is 0.0611. The number of rotatable bonds is 3. The van der Waals surface area contributed by atoms with Crippen LogP contribution in [0.5, 0.6) is 0 Å². The van der Waals surface area contributed by atoms with E-state index < -0.39 is 11.9 Å². The van der Waals surface area contributed by atoms with E-state index in [2.05, 4.69) is 10.3 Å². The number of nitrogens with one attached hydrogen (secondary N) is 1. The van der Waals surface area contributed by atoms with Gasteiger partial charge in [0.15, 0.2) is 0 Å². The number of anilines is 1. The number of carboxylic acids is 1. The molecule has 1 aromatic heterocycles. The fourth-order valence-electron chi connectivity index (χ4n) is 1.80. The zero-order valence-corrected chi connectivity index (χ0v) is 11.2. The molecule has 5 heteroatoms. The Bertz CT molecular complexity index is 681. The highest BCUT2D eigenvalue weighted by Crippen LogP contribution is 2.18. The van der Waals surface area contributed by atoms with E-state index in [1.54, 1.807) is 44.2 Å². The van der Waals surface area contributed by atoms with Gasteiger partial charge in [0.1, 0.15) is 5.69 Å². The lowest BCUT2D eigenvalue weighted by molar-refractivity contribution is 0.0698. The van der Waals surface area contributed by atoms with E-state index in [1.165, 1.54) is 6.07 Å². The summed E-state index contributed by atoms with van der Waals surface area (Å²) in [6.07, 6.45) is 0. The van der Waals surface area contributed by atoms with Crippen LogP contribution in [-0.2, 0) is 0 Å². The van der Waals surface area contributed by atoms with Crippen LogP contribution in [0.2, 0.25) is 0 Å². The van der Waals surface area contributed by atoms with Crippen LogP contribution in [-0.4, -0.2) is 22.0 Å². The van der Waals surface area contributed by atoms with Crippen molar-refractivity contribution < 1.29 is 14.7 Å². The number of nitrogens with zero attached hydrogens (tertiary/aromatic N) is 1. The summed E-state index contributed by atoms with van der Waals surface area (Å²) in [4.78, 5) is 27.3. The molecule has 0 unspecified atom stereocenters. The highest BCUT2D eigenvalue weighted by molar-refractivity contribution is 6.06. The summed E-state index contributed by atoms with van der Waals surface area (Å²) < 4.78 is 0. The second-order valence-corrected chi connectivity index (χ2v) is 4.47. The smallest absolute Gasteiger partial charge is 0.337 e. The quantitative estimate of drug-likeness (QED) is 0.898.